The molecule has 218 valence electrons. The van der Waals surface area contributed by atoms with Gasteiger partial charge in [-0.3, -0.25) is 14.8 Å². The average Bonchev–Trinajstić information content (AvgIpc) is 3.02. The fraction of sp³-hybridized carbons (Fsp3) is 0.200. The van der Waals surface area contributed by atoms with Crippen LogP contribution in [-0.4, -0.2) is 48.6 Å². The third-order valence-corrected chi connectivity index (χ3v) is 8.51. The molecule has 2 amide bonds. The van der Waals surface area contributed by atoms with Gasteiger partial charge in [-0.2, -0.15) is 0 Å². The second-order valence-corrected chi connectivity index (χ2v) is 11.6. The van der Waals surface area contributed by atoms with E-state index in [0.717, 1.165) is 61.6 Å². The minimum Gasteiger partial charge on any atom is -0.368 e. The number of amides is 2. The van der Waals surface area contributed by atoms with Crippen LogP contribution in [0.3, 0.4) is 0 Å². The second kappa shape index (κ2) is 13.0. The number of benzene rings is 4. The lowest BCUT2D eigenvalue weighted by molar-refractivity contribution is 0.259. The topological polar surface area (TPSA) is 51.7 Å². The number of nitrogens with one attached hydrogen (secondary N) is 1. The van der Waals surface area contributed by atoms with Gasteiger partial charge in [-0.05, 0) is 79.6 Å². The lowest BCUT2D eigenvalue weighted by atomic mass is 10.1. The number of nitrogens with zero attached hydrogens (tertiary/aromatic N) is 4. The summed E-state index contributed by atoms with van der Waals surface area (Å²) in [6.07, 6.45) is 0.869. The molecule has 1 aromatic heterocycles. The number of para-hydroxylation sites is 2. The van der Waals surface area contributed by atoms with E-state index in [-0.39, 0.29) is 6.03 Å². The monoisotopic (exact) mass is 609 g/mol. The number of carbonyl (C=O) groups excluding carboxylic acids is 1. The smallest absolute Gasteiger partial charge is 0.331 e. The van der Waals surface area contributed by atoms with E-state index in [2.05, 4.69) is 57.6 Å². The molecule has 0 spiro atoms. The van der Waals surface area contributed by atoms with Gasteiger partial charge in [-0.15, -0.1) is 0 Å². The number of urea groups is 1. The van der Waals surface area contributed by atoms with Crippen LogP contribution in [0, 0.1) is 6.92 Å². The summed E-state index contributed by atoms with van der Waals surface area (Å²) < 4.78 is 0. The Labute approximate surface area is 262 Å². The number of aromatic nitrogens is 1. The Morgan fingerprint density at radius 1 is 0.837 bits per heavy atom. The number of halogens is 2. The number of rotatable bonds is 7. The van der Waals surface area contributed by atoms with E-state index in [1.165, 1.54) is 11.1 Å². The van der Waals surface area contributed by atoms with E-state index < -0.39 is 0 Å². The molecule has 0 unspecified atom stereocenters. The third-order valence-electron chi connectivity index (χ3n) is 7.86. The zero-order chi connectivity index (χ0) is 29.8. The van der Waals surface area contributed by atoms with E-state index in [1.807, 2.05) is 49.4 Å². The lowest BCUT2D eigenvalue weighted by Gasteiger charge is -2.36. The maximum atomic E-state index is 13.7. The van der Waals surface area contributed by atoms with Gasteiger partial charge >= 0.3 is 6.03 Å². The molecule has 0 saturated carbocycles. The van der Waals surface area contributed by atoms with E-state index in [1.54, 1.807) is 23.1 Å². The molecule has 1 aliphatic rings. The van der Waals surface area contributed by atoms with Crippen molar-refractivity contribution in [1.29, 1.82) is 0 Å². The summed E-state index contributed by atoms with van der Waals surface area (Å²) in [5.74, 6) is 0. The predicted octanol–water partition coefficient (Wildman–Crippen LogP) is 8.58. The van der Waals surface area contributed by atoms with Crippen molar-refractivity contribution >= 4 is 62.9 Å². The molecular weight excluding hydrogens is 577 g/mol. The van der Waals surface area contributed by atoms with Crippen LogP contribution in [0.5, 0.6) is 0 Å². The molecule has 5 aromatic rings. The summed E-state index contributed by atoms with van der Waals surface area (Å²) >= 11 is 12.9. The molecule has 0 aliphatic carbocycles. The molecule has 6 nitrogen and oxygen atoms in total. The van der Waals surface area contributed by atoms with Gasteiger partial charge in [0.1, 0.15) is 0 Å². The molecule has 1 saturated heterocycles. The van der Waals surface area contributed by atoms with Crippen LogP contribution in [0.1, 0.15) is 11.3 Å². The standard InChI is InChI=1S/C35H33Cl2N5O/c1-25-16-17-28-31(38-25)13-7-15-33(28)41-22-20-40(21-23-41)19-18-26-8-6-9-27(24-26)42(34-14-5-3-11-30(34)37)35(43)39-32-12-4-2-10-29(32)36/h2-17,24H,18-23H2,1H3,(H,39,43). The summed E-state index contributed by atoms with van der Waals surface area (Å²) in [6, 6.07) is 33.0. The maximum absolute atomic E-state index is 13.7. The number of carbonyl (C=O) groups is 1. The van der Waals surface area contributed by atoms with Gasteiger partial charge in [0, 0.05) is 49.5 Å². The van der Waals surface area contributed by atoms with Gasteiger partial charge in [0.15, 0.2) is 0 Å². The SMILES string of the molecule is Cc1ccc2c(N3CCN(CCc4cccc(N(C(=O)Nc5ccccc5Cl)c5ccccc5Cl)c4)CC3)cccc2n1. The number of aryl methyl sites for hydroxylation is 1. The van der Waals surface area contributed by atoms with Gasteiger partial charge < -0.3 is 10.2 Å². The Morgan fingerprint density at radius 3 is 2.37 bits per heavy atom. The van der Waals surface area contributed by atoms with Gasteiger partial charge in [0.25, 0.3) is 0 Å². The van der Waals surface area contributed by atoms with Crippen LogP contribution in [0.2, 0.25) is 10.0 Å². The normalized spacial score (nSPS) is 13.7. The minimum atomic E-state index is -0.340. The largest absolute Gasteiger partial charge is 0.368 e. The molecule has 0 atom stereocenters. The van der Waals surface area contributed by atoms with E-state index in [4.69, 9.17) is 28.2 Å². The molecule has 1 fully saturated rings. The Balaban J connectivity index is 1.14. The highest BCUT2D eigenvalue weighted by Gasteiger charge is 2.22. The minimum absolute atomic E-state index is 0.340. The van der Waals surface area contributed by atoms with Crippen molar-refractivity contribution in [2.75, 3.05) is 47.8 Å². The van der Waals surface area contributed by atoms with Crippen molar-refractivity contribution in [3.05, 3.63) is 124 Å². The summed E-state index contributed by atoms with van der Waals surface area (Å²) in [5.41, 5.74) is 6.36. The Hall–Kier alpha value is -4.10. The fourth-order valence-corrected chi connectivity index (χ4v) is 6.00. The summed E-state index contributed by atoms with van der Waals surface area (Å²) in [5, 5.41) is 5.11. The van der Waals surface area contributed by atoms with Crippen molar-refractivity contribution in [3.63, 3.8) is 0 Å². The highest BCUT2D eigenvalue weighted by molar-refractivity contribution is 6.35. The number of pyridine rings is 1. The molecule has 0 bridgehead atoms. The molecule has 6 rings (SSSR count). The van der Waals surface area contributed by atoms with E-state index in [9.17, 15) is 4.79 Å². The zero-order valence-corrected chi connectivity index (χ0v) is 25.5. The van der Waals surface area contributed by atoms with Crippen LogP contribution >= 0.6 is 23.2 Å². The third kappa shape index (κ3) is 6.62. The highest BCUT2D eigenvalue weighted by Crippen LogP contribution is 2.34. The first-order chi connectivity index (χ1) is 21.0. The molecule has 43 heavy (non-hydrogen) atoms. The van der Waals surface area contributed by atoms with Crippen molar-refractivity contribution in [3.8, 4) is 0 Å². The highest BCUT2D eigenvalue weighted by atomic mass is 35.5. The first-order valence-corrected chi connectivity index (χ1v) is 15.2. The van der Waals surface area contributed by atoms with Crippen LogP contribution in [0.15, 0.2) is 103 Å². The van der Waals surface area contributed by atoms with Gasteiger partial charge in [0.2, 0.25) is 0 Å². The van der Waals surface area contributed by atoms with Gasteiger partial charge in [-0.1, -0.05) is 65.7 Å². The van der Waals surface area contributed by atoms with Crippen LogP contribution in [-0.2, 0) is 6.42 Å². The average molecular weight is 611 g/mol. The summed E-state index contributed by atoms with van der Waals surface area (Å²) in [6.45, 7) is 6.88. The lowest BCUT2D eigenvalue weighted by Crippen LogP contribution is -2.47. The first kappa shape index (κ1) is 29.0. The summed E-state index contributed by atoms with van der Waals surface area (Å²) in [7, 11) is 0. The fourth-order valence-electron chi connectivity index (χ4n) is 5.60. The Bertz CT molecular complexity index is 1750. The van der Waals surface area contributed by atoms with Crippen LogP contribution in [0.4, 0.5) is 27.5 Å². The number of hydrogen-bond donors (Lipinski definition) is 1. The number of fused-ring (bicyclic) bond motifs is 1. The van der Waals surface area contributed by atoms with Gasteiger partial charge in [-0.25, -0.2) is 4.79 Å². The van der Waals surface area contributed by atoms with Gasteiger partial charge in [0.05, 0.1) is 32.6 Å². The van der Waals surface area contributed by atoms with E-state index >= 15 is 0 Å². The number of piperazine rings is 1. The second-order valence-electron chi connectivity index (χ2n) is 10.7. The summed E-state index contributed by atoms with van der Waals surface area (Å²) in [4.78, 5) is 25.0. The molecule has 4 aromatic carbocycles. The van der Waals surface area contributed by atoms with Crippen molar-refractivity contribution in [2.24, 2.45) is 0 Å². The van der Waals surface area contributed by atoms with Crippen LogP contribution in [0.25, 0.3) is 10.9 Å². The Morgan fingerprint density at radius 2 is 1.58 bits per heavy atom. The van der Waals surface area contributed by atoms with Crippen molar-refractivity contribution in [2.45, 2.75) is 13.3 Å². The first-order valence-electron chi connectivity index (χ1n) is 14.5. The quantitative estimate of drug-likeness (QED) is 0.201. The predicted molar refractivity (Wildman–Crippen MR) is 179 cm³/mol. The molecule has 2 heterocycles. The number of hydrogen-bond acceptors (Lipinski definition) is 4. The van der Waals surface area contributed by atoms with Crippen molar-refractivity contribution in [1.82, 2.24) is 9.88 Å². The molecule has 1 N–H and O–H groups in total. The molecule has 0 radical (unpaired) electrons. The van der Waals surface area contributed by atoms with E-state index in [0.29, 0.717) is 21.4 Å². The Kier molecular flexibility index (Phi) is 8.79. The molecule has 8 heteroatoms. The molecule has 1 aliphatic heterocycles. The van der Waals surface area contributed by atoms with Crippen LogP contribution < -0.4 is 15.1 Å². The van der Waals surface area contributed by atoms with Crippen molar-refractivity contribution < 1.29 is 4.79 Å². The maximum Gasteiger partial charge on any atom is 0.331 e. The number of anilines is 4. The molecular formula is C35H33Cl2N5O. The zero-order valence-electron chi connectivity index (χ0n) is 24.0.